The molecule has 7 nitrogen and oxygen atoms in total. The Morgan fingerprint density at radius 3 is 2.30 bits per heavy atom. The minimum absolute atomic E-state index is 0.128. The highest BCUT2D eigenvalue weighted by Gasteiger charge is 2.17. The summed E-state index contributed by atoms with van der Waals surface area (Å²) >= 11 is 0. The lowest BCUT2D eigenvalue weighted by Crippen LogP contribution is -2.44. The molecule has 1 N–H and O–H groups in total. The molecular weight excluding hydrogens is 405 g/mol. The summed E-state index contributed by atoms with van der Waals surface area (Å²) in [5.74, 6) is 0.248. The molecule has 1 aliphatic heterocycles. The quantitative estimate of drug-likeness (QED) is 0.675. The number of piperazine rings is 1. The Hall–Kier alpha value is -3.04. The summed E-state index contributed by atoms with van der Waals surface area (Å²) in [6.45, 7) is 3.84. The van der Waals surface area contributed by atoms with Crippen molar-refractivity contribution >= 4 is 21.5 Å². The topological polar surface area (TPSA) is 78.4 Å². The minimum atomic E-state index is -3.86. The van der Waals surface area contributed by atoms with E-state index < -0.39 is 15.8 Å². The van der Waals surface area contributed by atoms with Crippen LogP contribution in [-0.2, 0) is 10.0 Å². The fraction of sp³-hybridized carbons (Fsp3) is 0.238. The maximum absolute atomic E-state index is 13.3. The van der Waals surface area contributed by atoms with Gasteiger partial charge in [0.15, 0.2) is 5.82 Å². The first-order valence-corrected chi connectivity index (χ1v) is 11.1. The van der Waals surface area contributed by atoms with Crippen molar-refractivity contribution in [3.8, 4) is 11.3 Å². The molecule has 4 rings (SSSR count). The number of benzene rings is 2. The van der Waals surface area contributed by atoms with Crippen LogP contribution in [0, 0.1) is 5.82 Å². The second-order valence-corrected chi connectivity index (χ2v) is 8.89. The van der Waals surface area contributed by atoms with Crippen LogP contribution in [0.4, 0.5) is 15.9 Å². The van der Waals surface area contributed by atoms with E-state index in [1.54, 1.807) is 24.3 Å². The van der Waals surface area contributed by atoms with Crippen molar-refractivity contribution in [1.29, 1.82) is 0 Å². The fourth-order valence-corrected chi connectivity index (χ4v) is 4.33. The lowest BCUT2D eigenvalue weighted by atomic mass is 10.1. The van der Waals surface area contributed by atoms with Crippen molar-refractivity contribution in [2.24, 2.45) is 0 Å². The first kappa shape index (κ1) is 20.2. The molecule has 1 fully saturated rings. The van der Waals surface area contributed by atoms with Gasteiger partial charge < -0.3 is 9.80 Å². The van der Waals surface area contributed by atoms with Crippen LogP contribution in [0.15, 0.2) is 65.6 Å². The number of hydrogen-bond donors (Lipinski definition) is 1. The summed E-state index contributed by atoms with van der Waals surface area (Å²) in [7, 11) is -1.76. The van der Waals surface area contributed by atoms with Crippen LogP contribution in [0.1, 0.15) is 0 Å². The summed E-state index contributed by atoms with van der Waals surface area (Å²) in [6, 6.07) is 15.6. The normalized spacial score (nSPS) is 15.2. The zero-order valence-electron chi connectivity index (χ0n) is 16.5. The lowest BCUT2D eigenvalue weighted by molar-refractivity contribution is 0.312. The standard InChI is InChI=1S/C21H22FN5O2S/c1-26-11-13-27(14-12-26)21-10-9-20(23-24-21)16-5-7-18(8-6-16)25-30(28,29)19-4-2-3-17(22)15-19/h2-10,15,25H,11-14H2,1H3. The largest absolute Gasteiger partial charge is 0.353 e. The molecule has 0 unspecified atom stereocenters. The van der Waals surface area contributed by atoms with Crippen LogP contribution < -0.4 is 9.62 Å². The predicted molar refractivity (Wildman–Crippen MR) is 114 cm³/mol. The van der Waals surface area contributed by atoms with Crippen molar-refractivity contribution < 1.29 is 12.8 Å². The Kier molecular flexibility index (Phi) is 5.65. The van der Waals surface area contributed by atoms with Gasteiger partial charge in [0.2, 0.25) is 0 Å². The van der Waals surface area contributed by atoms with Crippen LogP contribution in [0.3, 0.4) is 0 Å². The zero-order chi connectivity index (χ0) is 21.1. The van der Waals surface area contributed by atoms with Crippen molar-refractivity contribution in [1.82, 2.24) is 15.1 Å². The van der Waals surface area contributed by atoms with Crippen LogP contribution in [0.5, 0.6) is 0 Å². The highest BCUT2D eigenvalue weighted by Crippen LogP contribution is 2.23. The number of hydrogen-bond acceptors (Lipinski definition) is 6. The van der Waals surface area contributed by atoms with Gasteiger partial charge in [-0.15, -0.1) is 10.2 Å². The van der Waals surface area contributed by atoms with Crippen molar-refractivity contribution in [3.63, 3.8) is 0 Å². The number of nitrogens with one attached hydrogen (secondary N) is 1. The van der Waals surface area contributed by atoms with Gasteiger partial charge >= 0.3 is 0 Å². The third-order valence-corrected chi connectivity index (χ3v) is 6.40. The average molecular weight is 428 g/mol. The minimum Gasteiger partial charge on any atom is -0.353 e. The van der Waals surface area contributed by atoms with Crippen molar-refractivity contribution in [3.05, 3.63) is 66.5 Å². The Labute approximate surface area is 175 Å². The van der Waals surface area contributed by atoms with E-state index in [1.807, 2.05) is 12.1 Å². The van der Waals surface area contributed by atoms with Gasteiger partial charge in [-0.05, 0) is 49.5 Å². The van der Waals surface area contributed by atoms with Crippen LogP contribution in [-0.4, -0.2) is 56.7 Å². The molecule has 0 bridgehead atoms. The molecule has 0 aliphatic carbocycles. The molecule has 0 atom stereocenters. The first-order chi connectivity index (χ1) is 14.4. The Bertz CT molecular complexity index is 1110. The third-order valence-electron chi connectivity index (χ3n) is 5.02. The number of anilines is 2. The summed E-state index contributed by atoms with van der Waals surface area (Å²) in [6.07, 6.45) is 0. The van der Waals surface area contributed by atoms with E-state index >= 15 is 0 Å². The third kappa shape index (κ3) is 4.58. The number of likely N-dealkylation sites (N-methyl/N-ethyl adjacent to an activating group) is 1. The van der Waals surface area contributed by atoms with E-state index in [4.69, 9.17) is 0 Å². The van der Waals surface area contributed by atoms with Gasteiger partial charge in [-0.25, -0.2) is 12.8 Å². The molecule has 1 saturated heterocycles. The zero-order valence-corrected chi connectivity index (χ0v) is 17.3. The smallest absolute Gasteiger partial charge is 0.261 e. The molecule has 2 aromatic carbocycles. The number of nitrogens with zero attached hydrogens (tertiary/aromatic N) is 4. The number of sulfonamides is 1. The van der Waals surface area contributed by atoms with Crippen molar-refractivity contribution in [2.75, 3.05) is 42.8 Å². The Morgan fingerprint density at radius 1 is 0.933 bits per heavy atom. The molecule has 2 heterocycles. The van der Waals surface area contributed by atoms with Crippen LogP contribution in [0.2, 0.25) is 0 Å². The van der Waals surface area contributed by atoms with Gasteiger partial charge in [0, 0.05) is 37.4 Å². The summed E-state index contributed by atoms with van der Waals surface area (Å²) < 4.78 is 40.6. The number of halogens is 1. The predicted octanol–water partition coefficient (Wildman–Crippen LogP) is 2.84. The summed E-state index contributed by atoms with van der Waals surface area (Å²) in [4.78, 5) is 4.36. The van der Waals surface area contributed by atoms with E-state index in [0.717, 1.165) is 43.6 Å². The average Bonchev–Trinajstić information content (AvgIpc) is 2.75. The molecule has 0 saturated carbocycles. The SMILES string of the molecule is CN1CCN(c2ccc(-c3ccc(NS(=O)(=O)c4cccc(F)c4)cc3)nn2)CC1. The molecule has 156 valence electrons. The molecular formula is C21H22FN5O2S. The van der Waals surface area contributed by atoms with Gasteiger partial charge in [0.1, 0.15) is 5.82 Å². The molecule has 1 aliphatic rings. The van der Waals surface area contributed by atoms with Crippen molar-refractivity contribution in [2.45, 2.75) is 4.90 Å². The molecule has 0 amide bonds. The van der Waals surface area contributed by atoms with E-state index in [0.29, 0.717) is 11.4 Å². The second kappa shape index (κ2) is 8.37. The molecule has 0 spiro atoms. The van der Waals surface area contributed by atoms with E-state index in [1.165, 1.54) is 18.2 Å². The van der Waals surface area contributed by atoms with Gasteiger partial charge in [0.05, 0.1) is 10.6 Å². The Balaban J connectivity index is 1.46. The monoisotopic (exact) mass is 427 g/mol. The molecule has 0 radical (unpaired) electrons. The number of rotatable bonds is 5. The maximum Gasteiger partial charge on any atom is 0.261 e. The molecule has 9 heteroatoms. The van der Waals surface area contributed by atoms with E-state index in [2.05, 4.69) is 31.8 Å². The molecule has 3 aromatic rings. The number of aromatic nitrogens is 2. The van der Waals surface area contributed by atoms with E-state index in [9.17, 15) is 12.8 Å². The molecule has 1 aromatic heterocycles. The lowest BCUT2D eigenvalue weighted by Gasteiger charge is -2.32. The Morgan fingerprint density at radius 2 is 1.67 bits per heavy atom. The van der Waals surface area contributed by atoms with Gasteiger partial charge in [-0.2, -0.15) is 0 Å². The van der Waals surface area contributed by atoms with Gasteiger partial charge in [-0.3, -0.25) is 4.72 Å². The fourth-order valence-electron chi connectivity index (χ4n) is 3.24. The highest BCUT2D eigenvalue weighted by molar-refractivity contribution is 7.92. The van der Waals surface area contributed by atoms with Gasteiger partial charge in [-0.1, -0.05) is 18.2 Å². The summed E-state index contributed by atoms with van der Waals surface area (Å²) in [5, 5.41) is 8.66. The second-order valence-electron chi connectivity index (χ2n) is 7.21. The summed E-state index contributed by atoms with van der Waals surface area (Å²) in [5.41, 5.74) is 1.90. The molecule has 30 heavy (non-hydrogen) atoms. The van der Waals surface area contributed by atoms with Crippen LogP contribution in [0.25, 0.3) is 11.3 Å². The van der Waals surface area contributed by atoms with E-state index in [-0.39, 0.29) is 4.90 Å². The maximum atomic E-state index is 13.3. The van der Waals surface area contributed by atoms with Gasteiger partial charge in [0.25, 0.3) is 10.0 Å². The van der Waals surface area contributed by atoms with Crippen LogP contribution >= 0.6 is 0 Å². The highest BCUT2D eigenvalue weighted by atomic mass is 32.2. The first-order valence-electron chi connectivity index (χ1n) is 9.57.